The SMILES string of the molecule is CC1([C@H](N)C(=O)N2[C@H](C#N)C[C@@H]3C[C@@H]32)CCCCC1. The lowest BCUT2D eigenvalue weighted by Crippen LogP contribution is -2.54. The van der Waals surface area contributed by atoms with Crippen LogP contribution in [0.2, 0.25) is 0 Å². The van der Waals surface area contributed by atoms with Gasteiger partial charge in [0.25, 0.3) is 0 Å². The number of hydrogen-bond acceptors (Lipinski definition) is 3. The molecule has 0 bridgehead atoms. The van der Waals surface area contributed by atoms with Gasteiger partial charge in [0, 0.05) is 6.04 Å². The first-order valence-electron chi connectivity index (χ1n) is 7.54. The number of hydrogen-bond donors (Lipinski definition) is 1. The Morgan fingerprint density at radius 2 is 2.05 bits per heavy atom. The van der Waals surface area contributed by atoms with Crippen LogP contribution in [0.1, 0.15) is 51.9 Å². The number of nitrogens with two attached hydrogens (primary N) is 1. The highest BCUT2D eigenvalue weighted by molar-refractivity contribution is 5.84. The Labute approximate surface area is 114 Å². The van der Waals surface area contributed by atoms with Crippen molar-refractivity contribution in [3.63, 3.8) is 0 Å². The molecule has 2 N–H and O–H groups in total. The zero-order valence-electron chi connectivity index (χ0n) is 11.6. The summed E-state index contributed by atoms with van der Waals surface area (Å²) in [7, 11) is 0. The Kier molecular flexibility index (Phi) is 3.05. The highest BCUT2D eigenvalue weighted by Crippen LogP contribution is 2.49. The van der Waals surface area contributed by atoms with Crippen molar-refractivity contribution in [1.82, 2.24) is 4.90 Å². The summed E-state index contributed by atoms with van der Waals surface area (Å²) in [6, 6.07) is 1.94. The molecular formula is C15H23N3O. The van der Waals surface area contributed by atoms with Crippen LogP contribution in [-0.4, -0.2) is 28.9 Å². The molecule has 1 heterocycles. The molecule has 0 aromatic carbocycles. The normalized spacial score (nSPS) is 37.3. The van der Waals surface area contributed by atoms with Crippen molar-refractivity contribution in [3.05, 3.63) is 0 Å². The largest absolute Gasteiger partial charge is 0.322 e. The number of carbonyl (C=O) groups excluding carboxylic acids is 1. The summed E-state index contributed by atoms with van der Waals surface area (Å²) in [5.74, 6) is 0.598. The third-order valence-corrected chi connectivity index (χ3v) is 5.52. The van der Waals surface area contributed by atoms with Crippen LogP contribution in [0.3, 0.4) is 0 Å². The topological polar surface area (TPSA) is 70.1 Å². The molecule has 0 unspecified atom stereocenters. The van der Waals surface area contributed by atoms with E-state index in [4.69, 9.17) is 5.73 Å². The van der Waals surface area contributed by atoms with Crippen LogP contribution in [0.15, 0.2) is 0 Å². The van der Waals surface area contributed by atoms with E-state index in [9.17, 15) is 10.1 Å². The zero-order valence-corrected chi connectivity index (χ0v) is 11.6. The Hall–Kier alpha value is -1.08. The van der Waals surface area contributed by atoms with E-state index in [1.807, 2.05) is 4.90 Å². The summed E-state index contributed by atoms with van der Waals surface area (Å²) in [5, 5.41) is 9.20. The summed E-state index contributed by atoms with van der Waals surface area (Å²) in [6.07, 6.45) is 7.62. The molecule has 0 aromatic rings. The number of amides is 1. The van der Waals surface area contributed by atoms with Crippen LogP contribution in [0.25, 0.3) is 0 Å². The molecule has 0 aromatic heterocycles. The van der Waals surface area contributed by atoms with Crippen molar-refractivity contribution in [2.45, 2.75) is 70.0 Å². The molecule has 104 valence electrons. The Balaban J connectivity index is 1.74. The van der Waals surface area contributed by atoms with Gasteiger partial charge in [0.05, 0.1) is 12.1 Å². The van der Waals surface area contributed by atoms with Crippen molar-refractivity contribution in [2.75, 3.05) is 0 Å². The van der Waals surface area contributed by atoms with Crippen molar-refractivity contribution < 1.29 is 4.79 Å². The van der Waals surface area contributed by atoms with Gasteiger partial charge in [0.2, 0.25) is 5.91 Å². The average Bonchev–Trinajstić information content (AvgIpc) is 3.09. The molecule has 3 aliphatic rings. The van der Waals surface area contributed by atoms with E-state index in [1.165, 1.54) is 19.3 Å². The molecule has 3 fully saturated rings. The summed E-state index contributed by atoms with van der Waals surface area (Å²) >= 11 is 0. The third kappa shape index (κ3) is 2.04. The van der Waals surface area contributed by atoms with Crippen LogP contribution in [0, 0.1) is 22.7 Å². The maximum atomic E-state index is 12.7. The standard InChI is InChI=1S/C15H23N3O/c1-15(5-3-2-4-6-15)13(17)14(19)18-11(9-16)7-10-8-12(10)18/h10-13H,2-8,17H2,1H3/t10-,11+,12+,13-/m1/s1. The average molecular weight is 261 g/mol. The molecule has 1 aliphatic heterocycles. The van der Waals surface area contributed by atoms with Gasteiger partial charge >= 0.3 is 0 Å². The van der Waals surface area contributed by atoms with Gasteiger partial charge in [-0.25, -0.2) is 0 Å². The minimum absolute atomic E-state index is 0.0287. The number of fused-ring (bicyclic) bond motifs is 1. The highest BCUT2D eigenvalue weighted by atomic mass is 16.2. The minimum atomic E-state index is -0.428. The van der Waals surface area contributed by atoms with E-state index in [0.717, 1.165) is 25.7 Å². The smallest absolute Gasteiger partial charge is 0.241 e. The Morgan fingerprint density at radius 3 is 2.68 bits per heavy atom. The maximum absolute atomic E-state index is 12.7. The summed E-state index contributed by atoms with van der Waals surface area (Å²) in [6.45, 7) is 2.15. The first-order chi connectivity index (χ1) is 9.07. The molecule has 2 saturated carbocycles. The van der Waals surface area contributed by atoms with Crippen molar-refractivity contribution in [3.8, 4) is 6.07 Å². The second kappa shape index (κ2) is 4.49. The fourth-order valence-corrected chi connectivity index (χ4v) is 4.02. The highest BCUT2D eigenvalue weighted by Gasteiger charge is 2.56. The minimum Gasteiger partial charge on any atom is -0.322 e. The molecule has 2 aliphatic carbocycles. The lowest BCUT2D eigenvalue weighted by Gasteiger charge is -2.40. The van der Waals surface area contributed by atoms with Gasteiger partial charge in [-0.2, -0.15) is 5.26 Å². The molecule has 0 spiro atoms. The maximum Gasteiger partial charge on any atom is 0.241 e. The molecule has 3 rings (SSSR count). The molecule has 4 atom stereocenters. The zero-order chi connectivity index (χ0) is 13.6. The summed E-state index contributed by atoms with van der Waals surface area (Å²) in [4.78, 5) is 14.5. The van der Waals surface area contributed by atoms with Crippen molar-refractivity contribution in [1.29, 1.82) is 5.26 Å². The number of piperidine rings is 1. The van der Waals surface area contributed by atoms with Gasteiger partial charge in [-0.15, -0.1) is 0 Å². The Bertz CT molecular complexity index is 422. The van der Waals surface area contributed by atoms with Crippen LogP contribution in [0.5, 0.6) is 0 Å². The first-order valence-corrected chi connectivity index (χ1v) is 7.54. The van der Waals surface area contributed by atoms with E-state index in [-0.39, 0.29) is 17.4 Å². The van der Waals surface area contributed by atoms with Gasteiger partial charge < -0.3 is 10.6 Å². The first kappa shape index (κ1) is 12.9. The van der Waals surface area contributed by atoms with Crippen molar-refractivity contribution >= 4 is 5.91 Å². The van der Waals surface area contributed by atoms with Gasteiger partial charge in [0.15, 0.2) is 0 Å². The van der Waals surface area contributed by atoms with Crippen LogP contribution < -0.4 is 5.73 Å². The van der Waals surface area contributed by atoms with Crippen LogP contribution in [0.4, 0.5) is 0 Å². The van der Waals surface area contributed by atoms with Gasteiger partial charge in [0.1, 0.15) is 6.04 Å². The lowest BCUT2D eigenvalue weighted by atomic mass is 9.70. The lowest BCUT2D eigenvalue weighted by molar-refractivity contribution is -0.137. The molecule has 1 amide bonds. The number of nitriles is 1. The summed E-state index contributed by atoms with van der Waals surface area (Å²) in [5.41, 5.74) is 6.24. The number of likely N-dealkylation sites (tertiary alicyclic amines) is 1. The fourth-order valence-electron chi connectivity index (χ4n) is 4.02. The van der Waals surface area contributed by atoms with E-state index < -0.39 is 6.04 Å². The monoisotopic (exact) mass is 261 g/mol. The van der Waals surface area contributed by atoms with E-state index >= 15 is 0 Å². The molecule has 4 nitrogen and oxygen atoms in total. The van der Waals surface area contributed by atoms with E-state index in [2.05, 4.69) is 13.0 Å². The van der Waals surface area contributed by atoms with Gasteiger partial charge in [-0.05, 0) is 37.0 Å². The number of nitrogens with zero attached hydrogens (tertiary/aromatic N) is 2. The second-order valence-corrected chi connectivity index (χ2v) is 6.88. The Morgan fingerprint density at radius 1 is 1.37 bits per heavy atom. The number of rotatable bonds is 2. The fraction of sp³-hybridized carbons (Fsp3) is 0.867. The van der Waals surface area contributed by atoms with E-state index in [0.29, 0.717) is 12.0 Å². The predicted octanol–water partition coefficient (Wildman–Crippen LogP) is 1.80. The second-order valence-electron chi connectivity index (χ2n) is 6.88. The third-order valence-electron chi connectivity index (χ3n) is 5.52. The van der Waals surface area contributed by atoms with Gasteiger partial charge in [-0.1, -0.05) is 26.2 Å². The van der Waals surface area contributed by atoms with E-state index in [1.54, 1.807) is 0 Å². The van der Waals surface area contributed by atoms with Crippen LogP contribution in [-0.2, 0) is 4.79 Å². The molecule has 19 heavy (non-hydrogen) atoms. The molecular weight excluding hydrogens is 238 g/mol. The number of carbonyl (C=O) groups is 1. The molecule has 1 saturated heterocycles. The quantitative estimate of drug-likeness (QED) is 0.824. The summed E-state index contributed by atoms with van der Waals surface area (Å²) < 4.78 is 0. The van der Waals surface area contributed by atoms with Crippen molar-refractivity contribution in [2.24, 2.45) is 17.1 Å². The molecule has 0 radical (unpaired) electrons. The molecule has 4 heteroatoms. The van der Waals surface area contributed by atoms with Crippen LogP contribution >= 0.6 is 0 Å². The van der Waals surface area contributed by atoms with Gasteiger partial charge in [-0.3, -0.25) is 4.79 Å². The predicted molar refractivity (Wildman–Crippen MR) is 71.9 cm³/mol.